The van der Waals surface area contributed by atoms with Gasteiger partial charge in [0.05, 0.1) is 6.54 Å². The van der Waals surface area contributed by atoms with E-state index < -0.39 is 0 Å². The summed E-state index contributed by atoms with van der Waals surface area (Å²) in [6.07, 6.45) is 4.87. The van der Waals surface area contributed by atoms with Crippen molar-refractivity contribution in [3.63, 3.8) is 0 Å². The number of H-pyrrole nitrogens is 1. The van der Waals surface area contributed by atoms with E-state index in [1.807, 2.05) is 31.2 Å². The van der Waals surface area contributed by atoms with Crippen LogP contribution in [0.5, 0.6) is 0 Å². The van der Waals surface area contributed by atoms with E-state index in [4.69, 9.17) is 5.73 Å². The number of hydrogen-bond acceptors (Lipinski definition) is 3. The molecule has 0 radical (unpaired) electrons. The number of nitrogens with two attached hydrogens (primary N) is 1. The highest BCUT2D eigenvalue weighted by molar-refractivity contribution is 5.77. The fourth-order valence-electron chi connectivity index (χ4n) is 2.28. The van der Waals surface area contributed by atoms with Crippen LogP contribution in [0.25, 0.3) is 11.4 Å². The molecule has 1 aromatic heterocycles. The first kappa shape index (κ1) is 17.0. The van der Waals surface area contributed by atoms with E-state index in [0.29, 0.717) is 18.3 Å². The normalized spacial score (nSPS) is 11.7. The van der Waals surface area contributed by atoms with E-state index in [1.54, 1.807) is 0 Å². The van der Waals surface area contributed by atoms with E-state index in [2.05, 4.69) is 32.4 Å². The van der Waals surface area contributed by atoms with Gasteiger partial charge in [-0.3, -0.25) is 5.10 Å². The summed E-state index contributed by atoms with van der Waals surface area (Å²) in [5, 5.41) is 10.2. The number of nitrogens with zero attached hydrogens (tertiary/aromatic N) is 3. The molecule has 1 aromatic carbocycles. The molecule has 2 rings (SSSR count). The van der Waals surface area contributed by atoms with Gasteiger partial charge in [-0.2, -0.15) is 5.10 Å². The van der Waals surface area contributed by atoms with Crippen molar-refractivity contribution in [2.45, 2.75) is 46.1 Å². The summed E-state index contributed by atoms with van der Waals surface area (Å²) in [6.45, 7) is 5.52. The number of aliphatic imine (C=N–C) groups is 1. The minimum atomic E-state index is 0.501. The molecule has 0 saturated carbocycles. The standard InChI is InChI=1S/C17H26N6/c1-3-4-5-6-10-19-17(18)20-12-14-8-7-9-15(11-14)16-21-13(2)22-23-16/h7-9,11H,3-6,10,12H2,1-2H3,(H3,18,19,20)(H,21,22,23). The third-order valence-electron chi connectivity index (χ3n) is 3.55. The Kier molecular flexibility index (Phi) is 6.59. The van der Waals surface area contributed by atoms with Gasteiger partial charge < -0.3 is 11.1 Å². The van der Waals surface area contributed by atoms with Crippen molar-refractivity contribution in [1.29, 1.82) is 0 Å². The molecule has 124 valence electrons. The number of rotatable bonds is 8. The van der Waals surface area contributed by atoms with E-state index in [-0.39, 0.29) is 0 Å². The Labute approximate surface area is 137 Å². The molecule has 6 nitrogen and oxygen atoms in total. The molecule has 0 aliphatic carbocycles. The molecule has 1 heterocycles. The molecule has 0 saturated heterocycles. The van der Waals surface area contributed by atoms with Gasteiger partial charge in [0, 0.05) is 12.1 Å². The first-order chi connectivity index (χ1) is 11.2. The predicted molar refractivity (Wildman–Crippen MR) is 94.0 cm³/mol. The van der Waals surface area contributed by atoms with Gasteiger partial charge in [-0.05, 0) is 25.0 Å². The van der Waals surface area contributed by atoms with Crippen molar-refractivity contribution in [3.05, 3.63) is 35.7 Å². The van der Waals surface area contributed by atoms with E-state index >= 15 is 0 Å². The van der Waals surface area contributed by atoms with Crippen LogP contribution in [0, 0.1) is 6.92 Å². The summed E-state index contributed by atoms with van der Waals surface area (Å²) in [6, 6.07) is 8.05. The number of aromatic amines is 1. The second-order valence-electron chi connectivity index (χ2n) is 5.63. The Morgan fingerprint density at radius 3 is 2.91 bits per heavy atom. The highest BCUT2D eigenvalue weighted by atomic mass is 15.2. The third-order valence-corrected chi connectivity index (χ3v) is 3.55. The van der Waals surface area contributed by atoms with Crippen LogP contribution >= 0.6 is 0 Å². The van der Waals surface area contributed by atoms with Gasteiger partial charge >= 0.3 is 0 Å². The molecule has 0 fully saturated rings. The molecule has 0 bridgehead atoms. The SMILES string of the molecule is CCCCCCNC(N)=NCc1cccc(-c2n[nH]c(C)n2)c1. The second kappa shape index (κ2) is 8.92. The van der Waals surface area contributed by atoms with Crippen LogP contribution in [0.1, 0.15) is 44.0 Å². The summed E-state index contributed by atoms with van der Waals surface area (Å²) in [5.41, 5.74) is 7.96. The molecular formula is C17H26N6. The van der Waals surface area contributed by atoms with Gasteiger partial charge in [0.2, 0.25) is 0 Å². The molecule has 0 unspecified atom stereocenters. The first-order valence-electron chi connectivity index (χ1n) is 8.21. The van der Waals surface area contributed by atoms with Crippen LogP contribution < -0.4 is 11.1 Å². The molecule has 23 heavy (non-hydrogen) atoms. The Morgan fingerprint density at radius 1 is 1.30 bits per heavy atom. The zero-order valence-electron chi connectivity index (χ0n) is 14.0. The van der Waals surface area contributed by atoms with Crippen molar-refractivity contribution >= 4 is 5.96 Å². The second-order valence-corrected chi connectivity index (χ2v) is 5.63. The molecule has 6 heteroatoms. The molecule has 0 aliphatic heterocycles. The molecule has 0 aliphatic rings. The molecule has 4 N–H and O–H groups in total. The minimum Gasteiger partial charge on any atom is -0.370 e. The zero-order valence-corrected chi connectivity index (χ0v) is 14.0. The Bertz CT molecular complexity index is 632. The largest absolute Gasteiger partial charge is 0.370 e. The highest BCUT2D eigenvalue weighted by Gasteiger charge is 2.04. The summed E-state index contributed by atoms with van der Waals surface area (Å²) in [5.74, 6) is 2.01. The van der Waals surface area contributed by atoms with Crippen LogP contribution in [-0.2, 0) is 6.54 Å². The van der Waals surface area contributed by atoms with E-state index in [9.17, 15) is 0 Å². The Morgan fingerprint density at radius 2 is 2.17 bits per heavy atom. The number of unbranched alkanes of at least 4 members (excludes halogenated alkanes) is 3. The van der Waals surface area contributed by atoms with Crippen molar-refractivity contribution in [3.8, 4) is 11.4 Å². The van der Waals surface area contributed by atoms with Gasteiger partial charge in [-0.25, -0.2) is 9.98 Å². The predicted octanol–water partition coefficient (Wildman–Crippen LogP) is 2.76. The fraction of sp³-hybridized carbons (Fsp3) is 0.471. The summed E-state index contributed by atoms with van der Waals surface area (Å²) >= 11 is 0. The van der Waals surface area contributed by atoms with E-state index in [0.717, 1.165) is 29.9 Å². The Balaban J connectivity index is 1.86. The zero-order chi connectivity index (χ0) is 16.5. The van der Waals surface area contributed by atoms with Gasteiger partial charge in [0.15, 0.2) is 11.8 Å². The summed E-state index contributed by atoms with van der Waals surface area (Å²) in [7, 11) is 0. The number of nitrogens with one attached hydrogen (secondary N) is 2. The van der Waals surface area contributed by atoms with Crippen molar-refractivity contribution in [2.24, 2.45) is 10.7 Å². The van der Waals surface area contributed by atoms with Crippen LogP contribution in [-0.4, -0.2) is 27.7 Å². The minimum absolute atomic E-state index is 0.501. The van der Waals surface area contributed by atoms with Crippen LogP contribution in [0.2, 0.25) is 0 Å². The van der Waals surface area contributed by atoms with Gasteiger partial charge in [0.1, 0.15) is 5.82 Å². The molecule has 2 aromatic rings. The number of aromatic nitrogens is 3. The molecular weight excluding hydrogens is 288 g/mol. The van der Waals surface area contributed by atoms with Gasteiger partial charge in [0.25, 0.3) is 0 Å². The average Bonchev–Trinajstić information content (AvgIpc) is 2.99. The summed E-state index contributed by atoms with van der Waals surface area (Å²) in [4.78, 5) is 8.73. The lowest BCUT2D eigenvalue weighted by Crippen LogP contribution is -2.32. The third kappa shape index (κ3) is 5.73. The van der Waals surface area contributed by atoms with Crippen molar-refractivity contribution < 1.29 is 0 Å². The highest BCUT2D eigenvalue weighted by Crippen LogP contribution is 2.16. The smallest absolute Gasteiger partial charge is 0.188 e. The van der Waals surface area contributed by atoms with Crippen LogP contribution in [0.15, 0.2) is 29.3 Å². The topological polar surface area (TPSA) is 92.0 Å². The first-order valence-corrected chi connectivity index (χ1v) is 8.21. The van der Waals surface area contributed by atoms with Gasteiger partial charge in [-0.15, -0.1) is 0 Å². The van der Waals surface area contributed by atoms with E-state index in [1.165, 1.54) is 19.3 Å². The molecule has 0 atom stereocenters. The Hall–Kier alpha value is -2.37. The van der Waals surface area contributed by atoms with Crippen molar-refractivity contribution in [1.82, 2.24) is 20.5 Å². The van der Waals surface area contributed by atoms with Crippen molar-refractivity contribution in [2.75, 3.05) is 6.54 Å². The quantitative estimate of drug-likeness (QED) is 0.397. The fourth-order valence-corrected chi connectivity index (χ4v) is 2.28. The lowest BCUT2D eigenvalue weighted by Gasteiger charge is -2.05. The maximum atomic E-state index is 5.90. The number of benzene rings is 1. The van der Waals surface area contributed by atoms with Crippen LogP contribution in [0.4, 0.5) is 0 Å². The summed E-state index contributed by atoms with van der Waals surface area (Å²) < 4.78 is 0. The number of guanidine groups is 1. The number of aryl methyl sites for hydroxylation is 1. The number of hydrogen-bond donors (Lipinski definition) is 3. The van der Waals surface area contributed by atoms with Crippen LogP contribution in [0.3, 0.4) is 0 Å². The molecule has 0 amide bonds. The lowest BCUT2D eigenvalue weighted by molar-refractivity contribution is 0.652. The molecule has 0 spiro atoms. The maximum Gasteiger partial charge on any atom is 0.188 e. The maximum absolute atomic E-state index is 5.90. The lowest BCUT2D eigenvalue weighted by atomic mass is 10.1. The van der Waals surface area contributed by atoms with Gasteiger partial charge in [-0.1, -0.05) is 44.4 Å². The monoisotopic (exact) mass is 314 g/mol. The average molecular weight is 314 g/mol.